The first-order valence-electron chi connectivity index (χ1n) is 4.96. The fourth-order valence-corrected chi connectivity index (χ4v) is 2.65. The van der Waals surface area contributed by atoms with Crippen LogP contribution >= 0.6 is 19.8 Å². The van der Waals surface area contributed by atoms with Crippen LogP contribution in [0.5, 0.6) is 0 Å². The van der Waals surface area contributed by atoms with Crippen LogP contribution in [-0.2, 0) is 11.1 Å². The van der Waals surface area contributed by atoms with Crippen molar-refractivity contribution < 1.29 is 4.57 Å². The zero-order valence-electron chi connectivity index (χ0n) is 8.35. The molecule has 15 heavy (non-hydrogen) atoms. The minimum absolute atomic E-state index is 0.172. The van der Waals surface area contributed by atoms with E-state index in [1.54, 1.807) is 11.3 Å². The Morgan fingerprint density at radius 1 is 1.33 bits per heavy atom. The maximum Gasteiger partial charge on any atom is 0.324 e. The quantitative estimate of drug-likeness (QED) is 0.576. The highest BCUT2D eigenvalue weighted by Crippen LogP contribution is 2.25. The largest absolute Gasteiger partial charge is 0.347 e. The Morgan fingerprint density at radius 2 is 2.27 bits per heavy atom. The SMILES string of the molecule is O=[PH+]CCCn1cccc1-c1cccs1. The van der Waals surface area contributed by atoms with Gasteiger partial charge in [-0.15, -0.1) is 11.3 Å². The van der Waals surface area contributed by atoms with Gasteiger partial charge < -0.3 is 4.57 Å². The Kier molecular flexibility index (Phi) is 3.70. The lowest BCUT2D eigenvalue weighted by Crippen LogP contribution is -1.98. The molecular formula is C11H13NOPS+. The molecule has 0 aromatic carbocycles. The van der Waals surface area contributed by atoms with Crippen LogP contribution < -0.4 is 0 Å². The molecule has 0 bridgehead atoms. The molecule has 0 aliphatic carbocycles. The first-order chi connectivity index (χ1) is 7.42. The Morgan fingerprint density at radius 3 is 3.00 bits per heavy atom. The van der Waals surface area contributed by atoms with Crippen molar-refractivity contribution in [3.63, 3.8) is 0 Å². The van der Waals surface area contributed by atoms with Gasteiger partial charge in [-0.1, -0.05) is 10.6 Å². The Hall–Kier alpha value is -0.920. The highest BCUT2D eigenvalue weighted by atomic mass is 32.1. The summed E-state index contributed by atoms with van der Waals surface area (Å²) >= 11 is 1.75. The number of aryl methyl sites for hydroxylation is 1. The minimum Gasteiger partial charge on any atom is -0.347 e. The molecule has 0 amide bonds. The van der Waals surface area contributed by atoms with Gasteiger partial charge >= 0.3 is 8.46 Å². The summed E-state index contributed by atoms with van der Waals surface area (Å²) in [5.74, 6) is 0. The minimum atomic E-state index is -0.172. The highest BCUT2D eigenvalue weighted by molar-refractivity contribution is 7.23. The van der Waals surface area contributed by atoms with Crippen molar-refractivity contribution in [3.8, 4) is 10.6 Å². The van der Waals surface area contributed by atoms with Crippen molar-refractivity contribution in [1.29, 1.82) is 0 Å². The summed E-state index contributed by atoms with van der Waals surface area (Å²) < 4.78 is 12.6. The molecule has 78 valence electrons. The second-order valence-electron chi connectivity index (χ2n) is 3.31. The lowest BCUT2D eigenvalue weighted by atomic mass is 10.3. The third kappa shape index (κ3) is 2.55. The molecule has 2 aromatic heterocycles. The predicted molar refractivity (Wildman–Crippen MR) is 66.2 cm³/mol. The lowest BCUT2D eigenvalue weighted by Gasteiger charge is -2.05. The third-order valence-electron chi connectivity index (χ3n) is 2.28. The van der Waals surface area contributed by atoms with Crippen molar-refractivity contribution in [2.75, 3.05) is 6.16 Å². The number of hydrogen-bond donors (Lipinski definition) is 0. The molecule has 0 aliphatic rings. The molecule has 0 N–H and O–H groups in total. The van der Waals surface area contributed by atoms with E-state index in [1.165, 1.54) is 10.6 Å². The first-order valence-corrected chi connectivity index (χ1v) is 6.95. The third-order valence-corrected chi connectivity index (χ3v) is 3.73. The fourth-order valence-electron chi connectivity index (χ4n) is 1.58. The monoisotopic (exact) mass is 238 g/mol. The molecule has 0 radical (unpaired) electrons. The van der Waals surface area contributed by atoms with E-state index < -0.39 is 0 Å². The van der Waals surface area contributed by atoms with E-state index in [-0.39, 0.29) is 8.46 Å². The molecule has 0 spiro atoms. The van der Waals surface area contributed by atoms with E-state index in [4.69, 9.17) is 0 Å². The van der Waals surface area contributed by atoms with Gasteiger partial charge in [-0.2, -0.15) is 0 Å². The van der Waals surface area contributed by atoms with Crippen LogP contribution in [0.3, 0.4) is 0 Å². The lowest BCUT2D eigenvalue weighted by molar-refractivity contribution is 0.594. The standard InChI is InChI=1S/C11H12NOPS/c13-14-8-3-7-12-6-1-4-10(12)11-5-2-9-15-11/h1-2,4-6,9H,3,7-8H2/p+1. The van der Waals surface area contributed by atoms with E-state index in [0.29, 0.717) is 0 Å². The molecule has 1 atom stereocenters. The fraction of sp³-hybridized carbons (Fsp3) is 0.273. The summed E-state index contributed by atoms with van der Waals surface area (Å²) in [4.78, 5) is 1.30. The summed E-state index contributed by atoms with van der Waals surface area (Å²) in [6.45, 7) is 0.954. The summed E-state index contributed by atoms with van der Waals surface area (Å²) in [6, 6.07) is 8.39. The van der Waals surface area contributed by atoms with Gasteiger partial charge in [0.05, 0.1) is 10.6 Å². The van der Waals surface area contributed by atoms with Crippen molar-refractivity contribution in [2.24, 2.45) is 0 Å². The molecule has 0 fully saturated rings. The number of hydrogen-bond acceptors (Lipinski definition) is 2. The van der Waals surface area contributed by atoms with Gasteiger partial charge in [0.25, 0.3) is 0 Å². The number of aromatic nitrogens is 1. The van der Waals surface area contributed by atoms with Gasteiger partial charge in [0.1, 0.15) is 6.16 Å². The summed E-state index contributed by atoms with van der Waals surface area (Å²) in [6.07, 6.45) is 3.86. The van der Waals surface area contributed by atoms with E-state index >= 15 is 0 Å². The zero-order chi connectivity index (χ0) is 10.5. The molecule has 2 aromatic rings. The maximum absolute atomic E-state index is 10.4. The maximum atomic E-state index is 10.4. The van der Waals surface area contributed by atoms with Gasteiger partial charge in [0.15, 0.2) is 0 Å². The van der Waals surface area contributed by atoms with Crippen LogP contribution in [-0.4, -0.2) is 10.7 Å². The molecule has 0 saturated heterocycles. The molecular weight excluding hydrogens is 225 g/mol. The second-order valence-corrected chi connectivity index (χ2v) is 5.05. The number of nitrogens with zero attached hydrogens (tertiary/aromatic N) is 1. The highest BCUT2D eigenvalue weighted by Gasteiger charge is 2.04. The number of thiophene rings is 1. The molecule has 0 saturated carbocycles. The van der Waals surface area contributed by atoms with Crippen molar-refractivity contribution in [1.82, 2.24) is 4.57 Å². The van der Waals surface area contributed by atoms with E-state index in [2.05, 4.69) is 40.4 Å². The smallest absolute Gasteiger partial charge is 0.324 e. The van der Waals surface area contributed by atoms with Gasteiger partial charge in [-0.3, -0.25) is 0 Å². The normalized spacial score (nSPS) is 10.9. The first kappa shape index (κ1) is 10.6. The second kappa shape index (κ2) is 5.24. The van der Waals surface area contributed by atoms with E-state index in [1.807, 2.05) is 0 Å². The number of rotatable bonds is 5. The van der Waals surface area contributed by atoms with Crippen LogP contribution in [0.25, 0.3) is 10.6 Å². The molecule has 1 unspecified atom stereocenters. The summed E-state index contributed by atoms with van der Waals surface area (Å²) in [5, 5.41) is 2.09. The van der Waals surface area contributed by atoms with Crippen LogP contribution in [0, 0.1) is 0 Å². The molecule has 0 aliphatic heterocycles. The van der Waals surface area contributed by atoms with Crippen molar-refractivity contribution >= 4 is 19.8 Å². The summed E-state index contributed by atoms with van der Waals surface area (Å²) in [5.41, 5.74) is 1.26. The van der Waals surface area contributed by atoms with Gasteiger partial charge in [0, 0.05) is 19.2 Å². The summed E-state index contributed by atoms with van der Waals surface area (Å²) in [7, 11) is -0.172. The van der Waals surface area contributed by atoms with Gasteiger partial charge in [0.2, 0.25) is 0 Å². The Bertz CT molecular complexity index is 421. The molecule has 2 rings (SSSR count). The van der Waals surface area contributed by atoms with Crippen LogP contribution in [0.1, 0.15) is 6.42 Å². The Labute approximate surface area is 94.8 Å². The molecule has 2 nitrogen and oxygen atoms in total. The molecule has 2 heterocycles. The van der Waals surface area contributed by atoms with E-state index in [9.17, 15) is 4.57 Å². The van der Waals surface area contributed by atoms with Crippen LogP contribution in [0.15, 0.2) is 35.8 Å². The zero-order valence-corrected chi connectivity index (χ0v) is 10.2. The van der Waals surface area contributed by atoms with Crippen LogP contribution in [0.2, 0.25) is 0 Å². The predicted octanol–water partition coefficient (Wildman–Crippen LogP) is 3.63. The van der Waals surface area contributed by atoms with Crippen LogP contribution in [0.4, 0.5) is 0 Å². The average Bonchev–Trinajstić information content (AvgIpc) is 2.87. The van der Waals surface area contributed by atoms with Gasteiger partial charge in [-0.05, 0) is 23.6 Å². The topological polar surface area (TPSA) is 22.0 Å². The molecule has 4 heteroatoms. The average molecular weight is 238 g/mol. The van der Waals surface area contributed by atoms with Crippen molar-refractivity contribution in [2.45, 2.75) is 13.0 Å². The van der Waals surface area contributed by atoms with Crippen molar-refractivity contribution in [3.05, 3.63) is 35.8 Å². The Balaban J connectivity index is 2.12. The van der Waals surface area contributed by atoms with Gasteiger partial charge in [-0.25, -0.2) is 0 Å². The van der Waals surface area contributed by atoms with E-state index in [0.717, 1.165) is 19.1 Å².